The zero-order valence-corrected chi connectivity index (χ0v) is 16.7. The van der Waals surface area contributed by atoms with Crippen molar-refractivity contribution in [2.24, 2.45) is 5.92 Å². The third-order valence-electron chi connectivity index (χ3n) is 4.04. The van der Waals surface area contributed by atoms with Gasteiger partial charge < -0.3 is 15.0 Å². The molecule has 3 aromatic rings. The number of carbonyl (C=O) groups is 2. The predicted octanol–water partition coefficient (Wildman–Crippen LogP) is 3.76. The highest BCUT2D eigenvalue weighted by Crippen LogP contribution is 2.21. The van der Waals surface area contributed by atoms with Crippen molar-refractivity contribution >= 4 is 46.2 Å². The summed E-state index contributed by atoms with van der Waals surface area (Å²) in [5, 5.41) is 3.29. The van der Waals surface area contributed by atoms with Crippen LogP contribution in [0.1, 0.15) is 30.0 Å². The van der Waals surface area contributed by atoms with Crippen molar-refractivity contribution in [3.8, 4) is 0 Å². The van der Waals surface area contributed by atoms with Gasteiger partial charge in [0.25, 0.3) is 5.91 Å². The molecule has 9 heteroatoms. The summed E-state index contributed by atoms with van der Waals surface area (Å²) in [6, 6.07) is 7.29. The van der Waals surface area contributed by atoms with Crippen LogP contribution in [0.5, 0.6) is 0 Å². The first-order chi connectivity index (χ1) is 13.3. The molecule has 1 amide bonds. The normalized spacial score (nSPS) is 12.2. The molecule has 0 saturated heterocycles. The van der Waals surface area contributed by atoms with E-state index in [1.54, 1.807) is 32.2 Å². The zero-order chi connectivity index (χ0) is 20.3. The minimum absolute atomic E-state index is 0.0595. The number of rotatable bonds is 6. The van der Waals surface area contributed by atoms with Crippen molar-refractivity contribution in [2.45, 2.75) is 26.5 Å². The molecular formula is C19H18Cl2N4O3. The molecule has 146 valence electrons. The fraction of sp³-hybridized carbons (Fsp3) is 0.263. The van der Waals surface area contributed by atoms with E-state index in [1.165, 1.54) is 12.1 Å². The lowest BCUT2D eigenvalue weighted by Gasteiger charge is -2.21. The van der Waals surface area contributed by atoms with Gasteiger partial charge in [-0.3, -0.25) is 4.79 Å². The van der Waals surface area contributed by atoms with Crippen LogP contribution in [0.3, 0.4) is 0 Å². The highest BCUT2D eigenvalue weighted by molar-refractivity contribution is 6.36. The van der Waals surface area contributed by atoms with E-state index in [0.29, 0.717) is 16.5 Å². The number of fused-ring (bicyclic) bond motifs is 1. The van der Waals surface area contributed by atoms with Gasteiger partial charge >= 0.3 is 5.97 Å². The number of H-pyrrole nitrogens is 1. The van der Waals surface area contributed by atoms with Crippen LogP contribution in [-0.2, 0) is 16.1 Å². The van der Waals surface area contributed by atoms with Crippen molar-refractivity contribution in [1.29, 1.82) is 0 Å². The summed E-state index contributed by atoms with van der Waals surface area (Å²) in [7, 11) is 0. The smallest absolute Gasteiger partial charge is 0.329 e. The van der Waals surface area contributed by atoms with Crippen LogP contribution in [0.2, 0.25) is 10.0 Å². The molecule has 1 atom stereocenters. The predicted molar refractivity (Wildman–Crippen MR) is 106 cm³/mol. The Bertz CT molecular complexity index is 986. The lowest BCUT2D eigenvalue weighted by Crippen LogP contribution is -2.45. The lowest BCUT2D eigenvalue weighted by atomic mass is 10.0. The highest BCUT2D eigenvalue weighted by atomic mass is 35.5. The van der Waals surface area contributed by atoms with E-state index in [9.17, 15) is 9.59 Å². The molecule has 3 rings (SSSR count). The topological polar surface area (TPSA) is 97.0 Å². The third kappa shape index (κ3) is 4.61. The second kappa shape index (κ2) is 8.58. The van der Waals surface area contributed by atoms with Gasteiger partial charge in [0.05, 0.1) is 16.1 Å². The molecule has 1 aromatic carbocycles. The summed E-state index contributed by atoms with van der Waals surface area (Å²) >= 11 is 11.9. The van der Waals surface area contributed by atoms with Crippen LogP contribution < -0.4 is 5.32 Å². The number of esters is 1. The van der Waals surface area contributed by atoms with Crippen molar-refractivity contribution in [2.75, 3.05) is 0 Å². The van der Waals surface area contributed by atoms with Gasteiger partial charge in [0.2, 0.25) is 0 Å². The molecule has 0 radical (unpaired) electrons. The first-order valence-corrected chi connectivity index (χ1v) is 9.33. The molecule has 0 spiro atoms. The summed E-state index contributed by atoms with van der Waals surface area (Å²) in [5.74, 6) is -0.774. The number of amides is 1. The van der Waals surface area contributed by atoms with Gasteiger partial charge in [-0.05, 0) is 36.2 Å². The summed E-state index contributed by atoms with van der Waals surface area (Å²) in [5.41, 5.74) is 1.52. The monoisotopic (exact) mass is 420 g/mol. The number of nitrogens with one attached hydrogen (secondary N) is 2. The number of benzene rings is 1. The van der Waals surface area contributed by atoms with Crippen LogP contribution in [0, 0.1) is 5.92 Å². The molecule has 2 heterocycles. The van der Waals surface area contributed by atoms with Crippen LogP contribution in [-0.4, -0.2) is 32.9 Å². The van der Waals surface area contributed by atoms with E-state index in [2.05, 4.69) is 20.3 Å². The highest BCUT2D eigenvalue weighted by Gasteiger charge is 2.27. The Balaban J connectivity index is 1.67. The number of aromatic amines is 1. The van der Waals surface area contributed by atoms with Gasteiger partial charge in [-0.15, -0.1) is 0 Å². The third-order valence-corrected chi connectivity index (χ3v) is 4.59. The molecule has 2 aromatic heterocycles. The van der Waals surface area contributed by atoms with Gasteiger partial charge in [-0.1, -0.05) is 37.0 Å². The molecule has 0 aliphatic carbocycles. The minimum atomic E-state index is -0.846. The standard InChI is InChI=1S/C19H18Cl2N4O3/c1-10(2)16(25-18(26)12-6-5-11(20)8-13(12)21)19(27)28-9-15-23-14-4-3-7-22-17(14)24-15/h3-8,10,16H,9H2,1-2H3,(H,25,26)(H,22,23,24). The van der Waals surface area contributed by atoms with E-state index >= 15 is 0 Å². The summed E-state index contributed by atoms with van der Waals surface area (Å²) in [6.45, 7) is 3.55. The molecule has 0 bridgehead atoms. The van der Waals surface area contributed by atoms with Gasteiger partial charge in [0.1, 0.15) is 18.5 Å². The number of ether oxygens (including phenoxy) is 1. The summed E-state index contributed by atoms with van der Waals surface area (Å²) in [6.07, 6.45) is 1.63. The van der Waals surface area contributed by atoms with E-state index < -0.39 is 17.9 Å². The van der Waals surface area contributed by atoms with Crippen LogP contribution in [0.4, 0.5) is 0 Å². The van der Waals surface area contributed by atoms with E-state index in [-0.39, 0.29) is 23.1 Å². The number of imidazole rings is 1. The maximum Gasteiger partial charge on any atom is 0.329 e. The van der Waals surface area contributed by atoms with Crippen LogP contribution >= 0.6 is 23.2 Å². The molecule has 2 N–H and O–H groups in total. The number of nitrogens with zero attached hydrogens (tertiary/aromatic N) is 2. The fourth-order valence-electron chi connectivity index (χ4n) is 2.58. The van der Waals surface area contributed by atoms with Crippen LogP contribution in [0.15, 0.2) is 36.5 Å². The molecule has 1 unspecified atom stereocenters. The first-order valence-electron chi connectivity index (χ1n) is 8.57. The summed E-state index contributed by atoms with van der Waals surface area (Å²) in [4.78, 5) is 36.4. The maximum atomic E-state index is 12.5. The largest absolute Gasteiger partial charge is 0.456 e. The molecule has 0 saturated carbocycles. The average molecular weight is 421 g/mol. The van der Waals surface area contributed by atoms with Crippen molar-refractivity contribution in [3.63, 3.8) is 0 Å². The van der Waals surface area contributed by atoms with E-state index in [1.807, 2.05) is 6.07 Å². The zero-order valence-electron chi connectivity index (χ0n) is 15.2. The summed E-state index contributed by atoms with van der Waals surface area (Å²) < 4.78 is 5.34. The number of aromatic nitrogens is 3. The second-order valence-electron chi connectivity index (χ2n) is 6.49. The fourth-order valence-corrected chi connectivity index (χ4v) is 3.08. The Hall–Kier alpha value is -2.64. The Morgan fingerprint density at radius 3 is 2.71 bits per heavy atom. The molecule has 0 aliphatic heterocycles. The minimum Gasteiger partial charge on any atom is -0.456 e. The number of pyridine rings is 1. The Morgan fingerprint density at radius 1 is 1.25 bits per heavy atom. The van der Waals surface area contributed by atoms with Crippen molar-refractivity contribution in [3.05, 3.63) is 58.0 Å². The molecule has 0 fully saturated rings. The maximum absolute atomic E-state index is 12.5. The molecular weight excluding hydrogens is 403 g/mol. The van der Waals surface area contributed by atoms with Gasteiger partial charge in [0.15, 0.2) is 5.65 Å². The number of carbonyl (C=O) groups excluding carboxylic acids is 2. The Labute approximate surface area is 171 Å². The van der Waals surface area contributed by atoms with Gasteiger partial charge in [0, 0.05) is 11.2 Å². The number of halogens is 2. The SMILES string of the molecule is CC(C)C(NC(=O)c1ccc(Cl)cc1Cl)C(=O)OCc1nc2ncccc2[nH]1. The lowest BCUT2D eigenvalue weighted by molar-refractivity contribution is -0.148. The van der Waals surface area contributed by atoms with Gasteiger partial charge in [-0.2, -0.15) is 0 Å². The van der Waals surface area contributed by atoms with E-state index in [0.717, 1.165) is 5.52 Å². The Kier molecular flexibility index (Phi) is 6.16. The molecule has 28 heavy (non-hydrogen) atoms. The van der Waals surface area contributed by atoms with Crippen molar-refractivity contribution < 1.29 is 14.3 Å². The second-order valence-corrected chi connectivity index (χ2v) is 7.33. The van der Waals surface area contributed by atoms with E-state index in [4.69, 9.17) is 27.9 Å². The van der Waals surface area contributed by atoms with Crippen molar-refractivity contribution in [1.82, 2.24) is 20.3 Å². The Morgan fingerprint density at radius 2 is 2.04 bits per heavy atom. The molecule has 7 nitrogen and oxygen atoms in total. The quantitative estimate of drug-likeness (QED) is 0.591. The van der Waals surface area contributed by atoms with Crippen LogP contribution in [0.25, 0.3) is 11.2 Å². The van der Waals surface area contributed by atoms with Gasteiger partial charge in [-0.25, -0.2) is 14.8 Å². The average Bonchev–Trinajstić information content (AvgIpc) is 3.06. The first kappa shape index (κ1) is 20.1. The number of hydrogen-bond acceptors (Lipinski definition) is 5. The number of hydrogen-bond donors (Lipinski definition) is 2. The molecule has 0 aliphatic rings.